The summed E-state index contributed by atoms with van der Waals surface area (Å²) in [5.74, 6) is 0. The van der Waals surface area contributed by atoms with Gasteiger partial charge in [0.2, 0.25) is 0 Å². The minimum atomic E-state index is -2.46. The van der Waals surface area contributed by atoms with E-state index in [1.807, 2.05) is 20.8 Å². The van der Waals surface area contributed by atoms with Crippen molar-refractivity contribution in [3.05, 3.63) is 0 Å². The Morgan fingerprint density at radius 3 is 1.08 bits per heavy atom. The second kappa shape index (κ2) is 26.9. The second-order valence-corrected chi connectivity index (χ2v) is 13.9. The molecule has 0 aliphatic carbocycles. The molecule has 0 amide bonds. The van der Waals surface area contributed by atoms with E-state index in [1.165, 1.54) is 122 Å². The summed E-state index contributed by atoms with van der Waals surface area (Å²) >= 11 is 0. The van der Waals surface area contributed by atoms with Gasteiger partial charge in [-0.25, -0.2) is 0 Å². The molecule has 0 aromatic rings. The van der Waals surface area contributed by atoms with Crippen molar-refractivity contribution in [3.8, 4) is 0 Å². The molecule has 0 saturated carbocycles. The van der Waals surface area contributed by atoms with Crippen molar-refractivity contribution >= 4 is 8.80 Å². The van der Waals surface area contributed by atoms with Gasteiger partial charge < -0.3 is 30.2 Å². The topological polar surface area (TPSA) is 27.7 Å². The van der Waals surface area contributed by atoms with Gasteiger partial charge in [-0.05, 0) is 46.5 Å². The van der Waals surface area contributed by atoms with Gasteiger partial charge in [0.05, 0.1) is 27.2 Å². The molecule has 36 heavy (non-hydrogen) atoms. The van der Waals surface area contributed by atoms with Gasteiger partial charge in [-0.3, -0.25) is 0 Å². The van der Waals surface area contributed by atoms with Crippen LogP contribution in [-0.2, 0) is 13.3 Å². The number of nitrogens with zero attached hydrogens (tertiary/aromatic N) is 1. The lowest BCUT2D eigenvalue weighted by molar-refractivity contribution is -0.890. The Morgan fingerprint density at radius 2 is 0.750 bits per heavy atom. The van der Waals surface area contributed by atoms with Crippen molar-refractivity contribution in [3.63, 3.8) is 0 Å². The minimum Gasteiger partial charge on any atom is -1.00 e. The van der Waals surface area contributed by atoms with Crippen LogP contribution in [0.25, 0.3) is 0 Å². The van der Waals surface area contributed by atoms with Crippen molar-refractivity contribution in [1.29, 1.82) is 0 Å². The highest BCUT2D eigenvalue weighted by atomic mass is 35.5. The van der Waals surface area contributed by atoms with E-state index in [1.54, 1.807) is 0 Å². The Bertz CT molecular complexity index is 423. The van der Waals surface area contributed by atoms with Gasteiger partial charge in [0.15, 0.2) is 0 Å². The molecule has 0 fully saturated rings. The first kappa shape index (κ1) is 38.5. The molecule has 0 bridgehead atoms. The van der Waals surface area contributed by atoms with Crippen LogP contribution in [0.4, 0.5) is 0 Å². The zero-order chi connectivity index (χ0) is 26.1. The zero-order valence-electron chi connectivity index (χ0n) is 25.5. The SMILES string of the molecule is CCCCCCCCCCCCCCCCCC[N+](C)(C)CCCC[Si](OCC)(OCC)OCC.[Cl-]. The predicted molar refractivity (Wildman–Crippen MR) is 156 cm³/mol. The molecule has 0 radical (unpaired) electrons. The molecule has 0 atom stereocenters. The summed E-state index contributed by atoms with van der Waals surface area (Å²) in [6.45, 7) is 13.0. The van der Waals surface area contributed by atoms with Crippen molar-refractivity contribution in [2.24, 2.45) is 0 Å². The molecule has 0 aliphatic rings. The summed E-state index contributed by atoms with van der Waals surface area (Å²) in [6.07, 6.45) is 25.3. The summed E-state index contributed by atoms with van der Waals surface area (Å²) in [6, 6.07) is 0.946. The van der Waals surface area contributed by atoms with Crippen LogP contribution in [0.5, 0.6) is 0 Å². The lowest BCUT2D eigenvalue weighted by atomic mass is 10.0. The number of quaternary nitrogens is 1. The fraction of sp³-hybridized carbons (Fsp3) is 1.00. The van der Waals surface area contributed by atoms with Crippen molar-refractivity contribution in [1.82, 2.24) is 0 Å². The van der Waals surface area contributed by atoms with Crippen molar-refractivity contribution in [2.45, 2.75) is 149 Å². The molecule has 0 unspecified atom stereocenters. The summed E-state index contributed by atoms with van der Waals surface area (Å²) in [7, 11) is 2.32. The fourth-order valence-electron chi connectivity index (χ4n) is 5.08. The first-order valence-corrected chi connectivity index (χ1v) is 17.6. The monoisotopic (exact) mass is 551 g/mol. The average molecular weight is 552 g/mol. The van der Waals surface area contributed by atoms with E-state index in [0.29, 0.717) is 19.8 Å². The van der Waals surface area contributed by atoms with Gasteiger partial charge in [-0.2, -0.15) is 0 Å². The van der Waals surface area contributed by atoms with E-state index in [0.717, 1.165) is 16.9 Å². The third-order valence-electron chi connectivity index (χ3n) is 7.21. The maximum atomic E-state index is 6.00. The minimum absolute atomic E-state index is 0. The quantitative estimate of drug-likeness (QED) is 0.0662. The van der Waals surface area contributed by atoms with Crippen LogP contribution >= 0.6 is 0 Å². The van der Waals surface area contributed by atoms with Gasteiger partial charge in [0.25, 0.3) is 0 Å². The van der Waals surface area contributed by atoms with E-state index in [-0.39, 0.29) is 12.4 Å². The van der Waals surface area contributed by atoms with E-state index in [2.05, 4.69) is 21.0 Å². The molecule has 0 heterocycles. The Balaban J connectivity index is 0. The first-order chi connectivity index (χ1) is 16.9. The summed E-state index contributed by atoms with van der Waals surface area (Å²) in [5.41, 5.74) is 0. The summed E-state index contributed by atoms with van der Waals surface area (Å²) < 4.78 is 19.1. The molecular formula is C30H66ClNO3Si. The lowest BCUT2D eigenvalue weighted by Crippen LogP contribution is -3.00. The molecule has 0 spiro atoms. The van der Waals surface area contributed by atoms with Gasteiger partial charge in [0.1, 0.15) is 0 Å². The Hall–Kier alpha value is 0.347. The van der Waals surface area contributed by atoms with Gasteiger partial charge in [0, 0.05) is 25.9 Å². The van der Waals surface area contributed by atoms with Crippen LogP contribution in [0.3, 0.4) is 0 Å². The highest BCUT2D eigenvalue weighted by molar-refractivity contribution is 6.60. The van der Waals surface area contributed by atoms with Crippen LogP contribution in [0.1, 0.15) is 143 Å². The molecule has 0 saturated heterocycles. The standard InChI is InChI=1S/C30H66NO3Si.ClH/c1-7-11-12-13-14-15-16-17-18-19-20-21-22-23-24-25-28-31(5,6)29-26-27-30-35(32-8-2,33-9-3)34-10-4;/h7-30H2,1-6H3;1H/q+1;/p-1. The third-order valence-corrected chi connectivity index (χ3v) is 10.4. The fourth-order valence-corrected chi connectivity index (χ4v) is 7.77. The maximum absolute atomic E-state index is 6.00. The van der Waals surface area contributed by atoms with E-state index in [9.17, 15) is 0 Å². The maximum Gasteiger partial charge on any atom is 0.500 e. The average Bonchev–Trinajstić information content (AvgIpc) is 2.82. The number of halogens is 1. The summed E-state index contributed by atoms with van der Waals surface area (Å²) in [4.78, 5) is 0. The van der Waals surface area contributed by atoms with Crippen LogP contribution in [-0.4, -0.2) is 60.3 Å². The smallest absolute Gasteiger partial charge is 0.500 e. The van der Waals surface area contributed by atoms with Gasteiger partial charge in [-0.1, -0.05) is 96.8 Å². The van der Waals surface area contributed by atoms with Gasteiger partial charge >= 0.3 is 8.80 Å². The molecule has 6 heteroatoms. The largest absolute Gasteiger partial charge is 1.00 e. The van der Waals surface area contributed by atoms with Crippen LogP contribution < -0.4 is 12.4 Å². The highest BCUT2D eigenvalue weighted by Crippen LogP contribution is 2.20. The molecule has 0 rings (SSSR count). The van der Waals surface area contributed by atoms with Crippen LogP contribution in [0, 0.1) is 0 Å². The Labute approximate surface area is 235 Å². The van der Waals surface area contributed by atoms with Crippen molar-refractivity contribution < 1.29 is 30.2 Å². The number of unbranched alkanes of at least 4 members (excludes halogenated alkanes) is 16. The Morgan fingerprint density at radius 1 is 0.444 bits per heavy atom. The Kier molecular flexibility index (Phi) is 28.8. The molecule has 0 aromatic carbocycles. The summed E-state index contributed by atoms with van der Waals surface area (Å²) in [5, 5.41) is 0. The third kappa shape index (κ3) is 23.5. The molecular weight excluding hydrogens is 486 g/mol. The van der Waals surface area contributed by atoms with Gasteiger partial charge in [-0.15, -0.1) is 0 Å². The highest BCUT2D eigenvalue weighted by Gasteiger charge is 2.39. The number of rotatable bonds is 28. The lowest BCUT2D eigenvalue weighted by Gasteiger charge is -2.31. The number of hydrogen-bond donors (Lipinski definition) is 0. The molecule has 0 aliphatic heterocycles. The predicted octanol–water partition coefficient (Wildman–Crippen LogP) is 6.16. The molecule has 4 nitrogen and oxygen atoms in total. The zero-order valence-corrected chi connectivity index (χ0v) is 27.3. The molecule has 0 N–H and O–H groups in total. The van der Waals surface area contributed by atoms with Crippen molar-refractivity contribution in [2.75, 3.05) is 47.0 Å². The van der Waals surface area contributed by atoms with Crippen LogP contribution in [0.2, 0.25) is 6.04 Å². The second-order valence-electron chi connectivity index (χ2n) is 11.1. The van der Waals surface area contributed by atoms with E-state index >= 15 is 0 Å². The first-order valence-electron chi connectivity index (χ1n) is 15.7. The number of hydrogen-bond acceptors (Lipinski definition) is 3. The normalized spacial score (nSPS) is 12.2. The van der Waals surface area contributed by atoms with Crippen LogP contribution in [0.15, 0.2) is 0 Å². The van der Waals surface area contributed by atoms with E-state index < -0.39 is 8.80 Å². The molecule has 0 aromatic heterocycles. The van der Waals surface area contributed by atoms with E-state index in [4.69, 9.17) is 13.3 Å². The molecule has 220 valence electrons.